The van der Waals surface area contributed by atoms with Gasteiger partial charge >= 0.3 is 6.18 Å². The zero-order chi connectivity index (χ0) is 14.9. The highest BCUT2D eigenvalue weighted by molar-refractivity contribution is 5.58. The molecule has 0 aliphatic heterocycles. The van der Waals surface area contributed by atoms with Gasteiger partial charge in [-0.3, -0.25) is 0 Å². The maximum atomic E-state index is 12.5. The second-order valence-electron chi connectivity index (χ2n) is 4.29. The average Bonchev–Trinajstić information content (AvgIpc) is 2.98. The van der Waals surface area contributed by atoms with Gasteiger partial charge in [0.05, 0.1) is 5.69 Å². The average molecular weight is 290 g/mol. The number of halogens is 3. The van der Waals surface area contributed by atoms with Gasteiger partial charge in [-0.1, -0.05) is 30.3 Å². The molecule has 21 heavy (non-hydrogen) atoms. The monoisotopic (exact) mass is 290 g/mol. The molecule has 2 heterocycles. The number of aromatic nitrogens is 4. The Bertz CT molecular complexity index is 733. The van der Waals surface area contributed by atoms with Crippen LogP contribution in [0.2, 0.25) is 0 Å². The normalized spacial score (nSPS) is 11.6. The van der Waals surface area contributed by atoms with E-state index in [1.54, 1.807) is 12.1 Å². The zero-order valence-corrected chi connectivity index (χ0v) is 10.6. The Morgan fingerprint density at radius 2 is 1.62 bits per heavy atom. The number of rotatable bonds is 2. The van der Waals surface area contributed by atoms with Gasteiger partial charge in [0.2, 0.25) is 0 Å². The first kappa shape index (κ1) is 13.3. The van der Waals surface area contributed by atoms with E-state index in [1.807, 2.05) is 30.3 Å². The molecule has 0 aliphatic carbocycles. The molecule has 0 saturated heterocycles. The van der Waals surface area contributed by atoms with Gasteiger partial charge in [0.25, 0.3) is 0 Å². The van der Waals surface area contributed by atoms with Crippen LogP contribution in [-0.4, -0.2) is 20.0 Å². The number of nitrogens with zero attached hydrogens (tertiary/aromatic N) is 4. The quantitative estimate of drug-likeness (QED) is 0.727. The highest BCUT2D eigenvalue weighted by Crippen LogP contribution is 2.27. The van der Waals surface area contributed by atoms with Crippen LogP contribution < -0.4 is 0 Å². The highest BCUT2D eigenvalue weighted by atomic mass is 19.4. The fourth-order valence-electron chi connectivity index (χ4n) is 1.81. The van der Waals surface area contributed by atoms with Crippen molar-refractivity contribution in [3.05, 3.63) is 60.4 Å². The molecule has 0 bridgehead atoms. The maximum Gasteiger partial charge on any atom is 0.435 e. The van der Waals surface area contributed by atoms with Gasteiger partial charge in [0.1, 0.15) is 0 Å². The topological polar surface area (TPSA) is 43.6 Å². The van der Waals surface area contributed by atoms with Crippen LogP contribution in [0.4, 0.5) is 13.2 Å². The molecular formula is C14H9F3N4. The van der Waals surface area contributed by atoms with Gasteiger partial charge in [0.15, 0.2) is 11.5 Å². The van der Waals surface area contributed by atoms with E-state index in [1.165, 1.54) is 6.20 Å². The first-order valence-electron chi connectivity index (χ1n) is 6.06. The molecule has 0 unspecified atom stereocenters. The third-order valence-electron chi connectivity index (χ3n) is 2.83. The summed E-state index contributed by atoms with van der Waals surface area (Å²) in [6, 6.07) is 13.5. The number of hydrogen-bond acceptors (Lipinski definition) is 3. The molecule has 0 aliphatic rings. The number of alkyl halides is 3. The fraction of sp³-hybridized carbons (Fsp3) is 0.0714. The van der Waals surface area contributed by atoms with Crippen LogP contribution in [0, 0.1) is 0 Å². The predicted octanol–water partition coefficient (Wildman–Crippen LogP) is 3.35. The molecular weight excluding hydrogens is 281 g/mol. The summed E-state index contributed by atoms with van der Waals surface area (Å²) in [5, 5.41) is 11.4. The van der Waals surface area contributed by atoms with Crippen molar-refractivity contribution in [3.8, 4) is 17.1 Å². The third-order valence-corrected chi connectivity index (χ3v) is 2.83. The summed E-state index contributed by atoms with van der Waals surface area (Å²) >= 11 is 0. The second-order valence-corrected chi connectivity index (χ2v) is 4.29. The van der Waals surface area contributed by atoms with Crippen molar-refractivity contribution in [2.24, 2.45) is 0 Å². The van der Waals surface area contributed by atoms with Gasteiger partial charge in [-0.2, -0.15) is 18.3 Å². The molecule has 0 radical (unpaired) electrons. The largest absolute Gasteiger partial charge is 0.435 e. The van der Waals surface area contributed by atoms with Crippen molar-refractivity contribution in [3.63, 3.8) is 0 Å². The van der Waals surface area contributed by atoms with Crippen molar-refractivity contribution in [2.45, 2.75) is 6.18 Å². The minimum absolute atomic E-state index is 0.227. The molecule has 3 aromatic rings. The molecule has 0 spiro atoms. The Hall–Kier alpha value is -2.70. The fourth-order valence-corrected chi connectivity index (χ4v) is 1.81. The summed E-state index contributed by atoms with van der Waals surface area (Å²) in [6.07, 6.45) is -3.27. The van der Waals surface area contributed by atoms with E-state index in [0.29, 0.717) is 5.69 Å². The summed E-state index contributed by atoms with van der Waals surface area (Å²) < 4.78 is 38.5. The van der Waals surface area contributed by atoms with Crippen LogP contribution >= 0.6 is 0 Å². The lowest BCUT2D eigenvalue weighted by molar-refractivity contribution is -0.141. The summed E-state index contributed by atoms with van der Waals surface area (Å²) in [4.78, 5) is 0. The summed E-state index contributed by atoms with van der Waals surface area (Å²) in [5.41, 5.74) is 0.562. The number of benzene rings is 1. The Labute approximate surface area is 117 Å². The molecule has 106 valence electrons. The van der Waals surface area contributed by atoms with Crippen LogP contribution in [0.25, 0.3) is 17.1 Å². The number of hydrogen-bond donors (Lipinski definition) is 0. The molecule has 2 aromatic heterocycles. The van der Waals surface area contributed by atoms with Crippen molar-refractivity contribution in [1.82, 2.24) is 20.0 Å². The Morgan fingerprint density at radius 1 is 0.857 bits per heavy atom. The van der Waals surface area contributed by atoms with E-state index in [2.05, 4.69) is 15.3 Å². The van der Waals surface area contributed by atoms with E-state index >= 15 is 0 Å². The zero-order valence-electron chi connectivity index (χ0n) is 10.6. The van der Waals surface area contributed by atoms with Crippen molar-refractivity contribution < 1.29 is 13.2 Å². The smallest absolute Gasteiger partial charge is 0.220 e. The van der Waals surface area contributed by atoms with E-state index in [0.717, 1.165) is 16.3 Å². The van der Waals surface area contributed by atoms with Crippen LogP contribution in [-0.2, 0) is 6.18 Å². The molecule has 0 atom stereocenters. The van der Waals surface area contributed by atoms with E-state index in [-0.39, 0.29) is 5.82 Å². The van der Waals surface area contributed by atoms with Crippen LogP contribution in [0.1, 0.15) is 5.69 Å². The van der Waals surface area contributed by atoms with Crippen LogP contribution in [0.3, 0.4) is 0 Å². The van der Waals surface area contributed by atoms with Gasteiger partial charge in [-0.15, -0.1) is 10.2 Å². The van der Waals surface area contributed by atoms with Gasteiger partial charge in [0, 0.05) is 11.8 Å². The van der Waals surface area contributed by atoms with Crippen molar-refractivity contribution in [2.75, 3.05) is 0 Å². The Balaban J connectivity index is 1.89. The van der Waals surface area contributed by atoms with E-state index in [4.69, 9.17) is 0 Å². The minimum Gasteiger partial charge on any atom is -0.220 e. The Morgan fingerprint density at radius 3 is 2.19 bits per heavy atom. The molecule has 1 aromatic carbocycles. The lowest BCUT2D eigenvalue weighted by Gasteiger charge is -2.03. The van der Waals surface area contributed by atoms with Crippen molar-refractivity contribution in [1.29, 1.82) is 0 Å². The summed E-state index contributed by atoms with van der Waals surface area (Å²) in [6.45, 7) is 0. The minimum atomic E-state index is -4.47. The van der Waals surface area contributed by atoms with Gasteiger partial charge in [-0.25, -0.2) is 4.68 Å². The predicted molar refractivity (Wildman–Crippen MR) is 69.6 cm³/mol. The van der Waals surface area contributed by atoms with Gasteiger partial charge in [-0.05, 0) is 18.2 Å². The second kappa shape index (κ2) is 5.01. The first-order valence-corrected chi connectivity index (χ1v) is 6.06. The lowest BCUT2D eigenvalue weighted by Crippen LogP contribution is -2.08. The van der Waals surface area contributed by atoms with E-state index < -0.39 is 11.9 Å². The standard InChI is InChI=1S/C14H9F3N4/c15-14(16,17)12-8-9-21(20-12)13-7-6-11(18-19-13)10-4-2-1-3-5-10/h1-9H. The molecule has 3 rings (SSSR count). The molecule has 0 N–H and O–H groups in total. The third kappa shape index (κ3) is 2.76. The summed E-state index contributed by atoms with van der Waals surface area (Å²) in [5.74, 6) is 0.227. The highest BCUT2D eigenvalue weighted by Gasteiger charge is 2.33. The van der Waals surface area contributed by atoms with Gasteiger partial charge < -0.3 is 0 Å². The molecule has 4 nitrogen and oxygen atoms in total. The van der Waals surface area contributed by atoms with Crippen LogP contribution in [0.15, 0.2) is 54.7 Å². The summed E-state index contributed by atoms with van der Waals surface area (Å²) in [7, 11) is 0. The Kier molecular flexibility index (Phi) is 3.17. The van der Waals surface area contributed by atoms with Crippen molar-refractivity contribution >= 4 is 0 Å². The maximum absolute atomic E-state index is 12.5. The first-order chi connectivity index (χ1) is 10.0. The molecule has 0 amide bonds. The van der Waals surface area contributed by atoms with Crippen LogP contribution in [0.5, 0.6) is 0 Å². The molecule has 7 heteroatoms. The lowest BCUT2D eigenvalue weighted by atomic mass is 10.1. The molecule has 0 saturated carbocycles. The molecule has 0 fully saturated rings. The van der Waals surface area contributed by atoms with E-state index in [9.17, 15) is 13.2 Å². The SMILES string of the molecule is FC(F)(F)c1ccn(-c2ccc(-c3ccccc3)nn2)n1.